The van der Waals surface area contributed by atoms with E-state index < -0.39 is 17.9 Å². The zero-order chi connectivity index (χ0) is 13.4. The van der Waals surface area contributed by atoms with E-state index in [9.17, 15) is 14.4 Å². The molecule has 0 aliphatic rings. The SMILES string of the molecule is CC(C)(C)NC(=O)O.NC(=O)C=CC(N)=O. The van der Waals surface area contributed by atoms with Gasteiger partial charge in [-0.25, -0.2) is 4.79 Å². The minimum absolute atomic E-state index is 0.328. The van der Waals surface area contributed by atoms with E-state index in [-0.39, 0.29) is 5.54 Å². The standard InChI is InChI=1S/C5H11NO2.C4H6N2O2/c1-5(2,3)6-4(7)8;5-3(7)1-2-4(6)8/h6H,1-3H3,(H,7,8);1-2H,(H2,5,7)(H2,6,8). The molecular formula is C9H17N3O4. The van der Waals surface area contributed by atoms with Crippen molar-refractivity contribution >= 4 is 17.9 Å². The van der Waals surface area contributed by atoms with Gasteiger partial charge in [-0.15, -0.1) is 0 Å². The lowest BCUT2D eigenvalue weighted by Gasteiger charge is -2.16. The molecule has 0 fully saturated rings. The number of nitrogens with two attached hydrogens (primary N) is 2. The Morgan fingerprint density at radius 1 is 1.06 bits per heavy atom. The quantitative estimate of drug-likeness (QED) is 0.479. The van der Waals surface area contributed by atoms with E-state index in [1.165, 1.54) is 0 Å². The Bertz CT molecular complexity index is 276. The lowest BCUT2D eigenvalue weighted by molar-refractivity contribution is -0.115. The third-order valence-corrected chi connectivity index (χ3v) is 0.894. The minimum atomic E-state index is -0.975. The van der Waals surface area contributed by atoms with Crippen LogP contribution in [0.1, 0.15) is 20.8 Å². The van der Waals surface area contributed by atoms with E-state index in [0.29, 0.717) is 0 Å². The summed E-state index contributed by atoms with van der Waals surface area (Å²) in [5, 5.41) is 10.4. The molecule has 16 heavy (non-hydrogen) atoms. The number of carbonyl (C=O) groups is 3. The summed E-state index contributed by atoms with van der Waals surface area (Å²) in [4.78, 5) is 29.6. The molecular weight excluding hydrogens is 214 g/mol. The Hall–Kier alpha value is -2.05. The predicted octanol–water partition coefficient (Wildman–Crippen LogP) is -0.434. The predicted molar refractivity (Wildman–Crippen MR) is 58.4 cm³/mol. The first-order valence-corrected chi connectivity index (χ1v) is 4.32. The normalized spacial score (nSPS) is 10.2. The summed E-state index contributed by atoms with van der Waals surface area (Å²) in [6.45, 7) is 5.38. The van der Waals surface area contributed by atoms with Crippen LogP contribution >= 0.6 is 0 Å². The fourth-order valence-electron chi connectivity index (χ4n) is 0.485. The minimum Gasteiger partial charge on any atom is -0.465 e. The van der Waals surface area contributed by atoms with Crippen molar-refractivity contribution < 1.29 is 19.5 Å². The smallest absolute Gasteiger partial charge is 0.405 e. The maximum atomic E-state index is 9.90. The number of primary amides is 2. The highest BCUT2D eigenvalue weighted by molar-refractivity contribution is 5.95. The van der Waals surface area contributed by atoms with Gasteiger partial charge in [0.2, 0.25) is 11.8 Å². The monoisotopic (exact) mass is 231 g/mol. The van der Waals surface area contributed by atoms with Crippen molar-refractivity contribution in [1.82, 2.24) is 5.32 Å². The van der Waals surface area contributed by atoms with E-state index >= 15 is 0 Å². The van der Waals surface area contributed by atoms with Crippen LogP contribution < -0.4 is 16.8 Å². The Labute approximate surface area is 93.5 Å². The van der Waals surface area contributed by atoms with Gasteiger partial charge in [-0.2, -0.15) is 0 Å². The number of amides is 3. The van der Waals surface area contributed by atoms with Crippen molar-refractivity contribution in [1.29, 1.82) is 0 Å². The Balaban J connectivity index is 0. The molecule has 0 rings (SSSR count). The second-order valence-corrected chi connectivity index (χ2v) is 3.82. The molecule has 0 bridgehead atoms. The van der Waals surface area contributed by atoms with Gasteiger partial charge in [-0.3, -0.25) is 9.59 Å². The highest BCUT2D eigenvalue weighted by Gasteiger charge is 2.10. The summed E-state index contributed by atoms with van der Waals surface area (Å²) in [5.41, 5.74) is 8.89. The molecule has 92 valence electrons. The summed E-state index contributed by atoms with van der Waals surface area (Å²) < 4.78 is 0. The maximum Gasteiger partial charge on any atom is 0.405 e. The van der Waals surface area contributed by atoms with Gasteiger partial charge in [-0.1, -0.05) is 0 Å². The maximum absolute atomic E-state index is 9.90. The van der Waals surface area contributed by atoms with Crippen molar-refractivity contribution in [3.05, 3.63) is 12.2 Å². The largest absolute Gasteiger partial charge is 0.465 e. The van der Waals surface area contributed by atoms with Crippen molar-refractivity contribution in [3.63, 3.8) is 0 Å². The molecule has 6 N–H and O–H groups in total. The van der Waals surface area contributed by atoms with Crippen molar-refractivity contribution in [2.45, 2.75) is 26.3 Å². The van der Waals surface area contributed by atoms with Crippen LogP contribution in [0.15, 0.2) is 12.2 Å². The highest BCUT2D eigenvalue weighted by atomic mass is 16.4. The molecule has 0 atom stereocenters. The van der Waals surface area contributed by atoms with Crippen LogP contribution in [-0.4, -0.2) is 28.6 Å². The number of carboxylic acid groups (broad SMARTS) is 1. The molecule has 0 aliphatic heterocycles. The van der Waals surface area contributed by atoms with Crippen LogP contribution in [0.2, 0.25) is 0 Å². The molecule has 0 heterocycles. The second kappa shape index (κ2) is 7.27. The van der Waals surface area contributed by atoms with Crippen LogP contribution in [0.5, 0.6) is 0 Å². The summed E-state index contributed by atoms with van der Waals surface area (Å²) in [7, 11) is 0. The van der Waals surface area contributed by atoms with Crippen LogP contribution in [0.4, 0.5) is 4.79 Å². The summed E-state index contributed by atoms with van der Waals surface area (Å²) in [6, 6.07) is 0. The molecule has 0 spiro atoms. The molecule has 0 saturated carbocycles. The average Bonchev–Trinajstić information content (AvgIpc) is 1.96. The molecule has 7 nitrogen and oxygen atoms in total. The molecule has 0 saturated heterocycles. The molecule has 0 aromatic rings. The van der Waals surface area contributed by atoms with Crippen LogP contribution in [0, 0.1) is 0 Å². The number of hydrogen-bond acceptors (Lipinski definition) is 3. The van der Waals surface area contributed by atoms with Crippen LogP contribution in [0.3, 0.4) is 0 Å². The molecule has 0 aliphatic carbocycles. The van der Waals surface area contributed by atoms with E-state index in [1.807, 2.05) is 0 Å². The van der Waals surface area contributed by atoms with E-state index in [0.717, 1.165) is 12.2 Å². The molecule has 7 heteroatoms. The zero-order valence-electron chi connectivity index (χ0n) is 9.48. The van der Waals surface area contributed by atoms with Gasteiger partial charge in [0.1, 0.15) is 0 Å². The highest BCUT2D eigenvalue weighted by Crippen LogP contribution is 1.96. The average molecular weight is 231 g/mol. The first-order valence-electron chi connectivity index (χ1n) is 4.32. The Kier molecular flexibility index (Phi) is 7.44. The molecule has 3 amide bonds. The fraction of sp³-hybridized carbons (Fsp3) is 0.444. The van der Waals surface area contributed by atoms with Gasteiger partial charge in [0.05, 0.1) is 0 Å². The Morgan fingerprint density at radius 2 is 1.38 bits per heavy atom. The lowest BCUT2D eigenvalue weighted by Crippen LogP contribution is -2.39. The first kappa shape index (κ1) is 16.4. The summed E-state index contributed by atoms with van der Waals surface area (Å²) in [5.74, 6) is -1.35. The van der Waals surface area contributed by atoms with Crippen LogP contribution in [0.25, 0.3) is 0 Å². The summed E-state index contributed by atoms with van der Waals surface area (Å²) >= 11 is 0. The van der Waals surface area contributed by atoms with Crippen molar-refractivity contribution in [2.24, 2.45) is 11.5 Å². The van der Waals surface area contributed by atoms with E-state index in [1.54, 1.807) is 20.8 Å². The van der Waals surface area contributed by atoms with Gasteiger partial charge in [0.15, 0.2) is 0 Å². The van der Waals surface area contributed by atoms with Crippen LogP contribution in [-0.2, 0) is 9.59 Å². The van der Waals surface area contributed by atoms with E-state index in [4.69, 9.17) is 5.11 Å². The Morgan fingerprint density at radius 3 is 1.44 bits per heavy atom. The molecule has 0 aromatic carbocycles. The third kappa shape index (κ3) is 22.7. The van der Waals surface area contributed by atoms with Crippen molar-refractivity contribution in [2.75, 3.05) is 0 Å². The topological polar surface area (TPSA) is 136 Å². The lowest BCUT2D eigenvalue weighted by atomic mass is 10.1. The zero-order valence-corrected chi connectivity index (χ0v) is 9.48. The second-order valence-electron chi connectivity index (χ2n) is 3.82. The summed E-state index contributed by atoms with van der Waals surface area (Å²) in [6.07, 6.45) is 0.836. The first-order chi connectivity index (χ1) is 7.04. The molecule has 0 unspecified atom stereocenters. The van der Waals surface area contributed by atoms with Gasteiger partial charge >= 0.3 is 6.09 Å². The van der Waals surface area contributed by atoms with E-state index in [2.05, 4.69) is 16.8 Å². The van der Waals surface area contributed by atoms with Gasteiger partial charge in [0.25, 0.3) is 0 Å². The van der Waals surface area contributed by atoms with Crippen molar-refractivity contribution in [3.8, 4) is 0 Å². The van der Waals surface area contributed by atoms with Gasteiger partial charge in [0, 0.05) is 17.7 Å². The molecule has 0 radical (unpaired) electrons. The fourth-order valence-corrected chi connectivity index (χ4v) is 0.485. The number of carbonyl (C=O) groups excluding carboxylic acids is 2. The van der Waals surface area contributed by atoms with Gasteiger partial charge < -0.3 is 21.9 Å². The molecule has 0 aromatic heterocycles. The van der Waals surface area contributed by atoms with Gasteiger partial charge in [-0.05, 0) is 20.8 Å². The number of hydrogen-bond donors (Lipinski definition) is 4. The third-order valence-electron chi connectivity index (χ3n) is 0.894. The number of nitrogens with one attached hydrogen (secondary N) is 1. The number of rotatable bonds is 2.